The topological polar surface area (TPSA) is 32.3 Å². The van der Waals surface area contributed by atoms with Gasteiger partial charge in [0.15, 0.2) is 0 Å². The van der Waals surface area contributed by atoms with E-state index < -0.39 is 0 Å². The molecule has 0 unspecified atom stereocenters. The number of nitrogens with one attached hydrogen (secondary N) is 1. The van der Waals surface area contributed by atoms with Crippen LogP contribution in [0.4, 0.5) is 0 Å². The molecular formula is C11H23NO. The number of rotatable bonds is 3. The molecule has 0 aromatic heterocycles. The first-order valence-electron chi connectivity index (χ1n) is 5.55. The minimum Gasteiger partial charge on any atom is -0.392 e. The van der Waals surface area contributed by atoms with Crippen LogP contribution in [0.5, 0.6) is 0 Å². The van der Waals surface area contributed by atoms with Crippen molar-refractivity contribution in [2.45, 2.75) is 64.6 Å². The zero-order chi connectivity index (χ0) is 9.84. The van der Waals surface area contributed by atoms with Crippen molar-refractivity contribution in [3.05, 3.63) is 0 Å². The molecule has 0 aromatic rings. The summed E-state index contributed by atoms with van der Waals surface area (Å²) < 4.78 is 0. The lowest BCUT2D eigenvalue weighted by molar-refractivity contribution is 0.0826. The zero-order valence-electron chi connectivity index (χ0n) is 9.09. The Morgan fingerprint density at radius 1 is 1.15 bits per heavy atom. The van der Waals surface area contributed by atoms with Crippen LogP contribution in [-0.4, -0.2) is 23.3 Å². The van der Waals surface area contributed by atoms with Crippen molar-refractivity contribution in [1.29, 1.82) is 0 Å². The molecule has 0 bridgehead atoms. The fourth-order valence-corrected chi connectivity index (χ4v) is 1.84. The Hall–Kier alpha value is -0.0800. The second kappa shape index (κ2) is 4.97. The second-order valence-electron chi connectivity index (χ2n) is 4.66. The van der Waals surface area contributed by atoms with Gasteiger partial charge < -0.3 is 10.4 Å². The molecule has 1 rings (SSSR count). The van der Waals surface area contributed by atoms with Crippen LogP contribution < -0.4 is 5.32 Å². The van der Waals surface area contributed by atoms with Crippen LogP contribution in [-0.2, 0) is 0 Å². The Morgan fingerprint density at radius 2 is 1.77 bits per heavy atom. The second-order valence-corrected chi connectivity index (χ2v) is 4.66. The molecule has 0 spiro atoms. The van der Waals surface area contributed by atoms with Crippen molar-refractivity contribution in [3.8, 4) is 0 Å². The lowest BCUT2D eigenvalue weighted by Gasteiger charge is -2.32. The van der Waals surface area contributed by atoms with Crippen molar-refractivity contribution >= 4 is 0 Å². The quantitative estimate of drug-likeness (QED) is 0.704. The molecule has 78 valence electrons. The number of aliphatic hydroxyl groups excluding tert-OH is 1. The summed E-state index contributed by atoms with van der Waals surface area (Å²) in [5.41, 5.74) is 0. The lowest BCUT2D eigenvalue weighted by atomic mass is 9.91. The van der Waals surface area contributed by atoms with Crippen molar-refractivity contribution in [1.82, 2.24) is 5.32 Å². The Balaban J connectivity index is 2.33. The van der Waals surface area contributed by atoms with E-state index in [0.717, 1.165) is 12.8 Å². The number of aliphatic hydroxyl groups is 1. The molecule has 2 N–H and O–H groups in total. The highest BCUT2D eigenvalue weighted by molar-refractivity contribution is 4.83. The van der Waals surface area contributed by atoms with Gasteiger partial charge in [-0.1, -0.05) is 26.7 Å². The molecule has 3 atom stereocenters. The Bertz CT molecular complexity index is 147. The van der Waals surface area contributed by atoms with E-state index >= 15 is 0 Å². The molecule has 0 saturated heterocycles. The zero-order valence-corrected chi connectivity index (χ0v) is 9.09. The summed E-state index contributed by atoms with van der Waals surface area (Å²) in [5.74, 6) is 0.647. The average Bonchev–Trinajstić information content (AvgIpc) is 2.08. The first-order valence-corrected chi connectivity index (χ1v) is 5.55. The molecule has 2 nitrogen and oxygen atoms in total. The van der Waals surface area contributed by atoms with Gasteiger partial charge in [0.05, 0.1) is 6.10 Å². The van der Waals surface area contributed by atoms with Crippen molar-refractivity contribution in [3.63, 3.8) is 0 Å². The molecular weight excluding hydrogens is 162 g/mol. The monoisotopic (exact) mass is 185 g/mol. The molecule has 1 aliphatic carbocycles. The van der Waals surface area contributed by atoms with E-state index in [1.54, 1.807) is 0 Å². The van der Waals surface area contributed by atoms with E-state index in [0.29, 0.717) is 18.0 Å². The highest BCUT2D eigenvalue weighted by Gasteiger charge is 2.24. The standard InChI is InChI=1S/C11H23NO/c1-8(2)9(3)12-10-6-4-5-7-11(10)13/h8-13H,4-7H2,1-3H3/t9-,10-,11+/m1/s1. The predicted octanol–water partition coefficient (Wildman–Crippen LogP) is 1.92. The fourth-order valence-electron chi connectivity index (χ4n) is 1.84. The molecule has 1 saturated carbocycles. The van der Waals surface area contributed by atoms with E-state index in [4.69, 9.17) is 0 Å². The smallest absolute Gasteiger partial charge is 0.0693 e. The fraction of sp³-hybridized carbons (Fsp3) is 1.00. The van der Waals surface area contributed by atoms with Crippen LogP contribution in [0.2, 0.25) is 0 Å². The maximum absolute atomic E-state index is 9.74. The molecule has 13 heavy (non-hydrogen) atoms. The highest BCUT2D eigenvalue weighted by Crippen LogP contribution is 2.19. The van der Waals surface area contributed by atoms with Crippen LogP contribution in [0.1, 0.15) is 46.5 Å². The molecule has 0 radical (unpaired) electrons. The third kappa shape index (κ3) is 3.28. The summed E-state index contributed by atoms with van der Waals surface area (Å²) in [7, 11) is 0. The normalized spacial score (nSPS) is 32.1. The first kappa shape index (κ1) is 11.0. The Labute approximate surface area is 81.7 Å². The number of hydrogen-bond acceptors (Lipinski definition) is 2. The third-order valence-electron chi connectivity index (χ3n) is 3.21. The van der Waals surface area contributed by atoms with Gasteiger partial charge in [-0.15, -0.1) is 0 Å². The Morgan fingerprint density at radius 3 is 2.31 bits per heavy atom. The maximum Gasteiger partial charge on any atom is 0.0693 e. The van der Waals surface area contributed by atoms with Crippen LogP contribution in [0, 0.1) is 5.92 Å². The summed E-state index contributed by atoms with van der Waals surface area (Å²) in [6, 6.07) is 0.851. The van der Waals surface area contributed by atoms with Gasteiger partial charge in [-0.25, -0.2) is 0 Å². The average molecular weight is 185 g/mol. The summed E-state index contributed by atoms with van der Waals surface area (Å²) in [6.07, 6.45) is 4.45. The van der Waals surface area contributed by atoms with E-state index in [-0.39, 0.29) is 6.10 Å². The molecule has 1 aliphatic rings. The molecule has 0 aromatic carbocycles. The van der Waals surface area contributed by atoms with Crippen molar-refractivity contribution in [2.75, 3.05) is 0 Å². The summed E-state index contributed by atoms with van der Waals surface area (Å²) in [4.78, 5) is 0. The van der Waals surface area contributed by atoms with Crippen LogP contribution >= 0.6 is 0 Å². The highest BCUT2D eigenvalue weighted by atomic mass is 16.3. The van der Waals surface area contributed by atoms with Crippen molar-refractivity contribution in [2.24, 2.45) is 5.92 Å². The minimum atomic E-state index is -0.116. The van der Waals surface area contributed by atoms with Gasteiger partial charge in [0.25, 0.3) is 0 Å². The largest absolute Gasteiger partial charge is 0.392 e. The van der Waals surface area contributed by atoms with Crippen molar-refractivity contribution < 1.29 is 5.11 Å². The minimum absolute atomic E-state index is 0.116. The SMILES string of the molecule is CC(C)[C@@H](C)N[C@@H]1CCCC[C@@H]1O. The maximum atomic E-state index is 9.74. The van der Waals surface area contributed by atoms with Gasteiger partial charge in [0, 0.05) is 12.1 Å². The van der Waals surface area contributed by atoms with Gasteiger partial charge in [0.2, 0.25) is 0 Å². The van der Waals surface area contributed by atoms with Gasteiger partial charge in [-0.3, -0.25) is 0 Å². The van der Waals surface area contributed by atoms with Crippen LogP contribution in [0.15, 0.2) is 0 Å². The van der Waals surface area contributed by atoms with E-state index in [1.807, 2.05) is 0 Å². The van der Waals surface area contributed by atoms with Gasteiger partial charge >= 0.3 is 0 Å². The van der Waals surface area contributed by atoms with E-state index in [2.05, 4.69) is 26.1 Å². The summed E-state index contributed by atoms with van der Waals surface area (Å²) in [6.45, 7) is 6.63. The van der Waals surface area contributed by atoms with Gasteiger partial charge in [-0.05, 0) is 25.7 Å². The van der Waals surface area contributed by atoms with Gasteiger partial charge in [0.1, 0.15) is 0 Å². The number of hydrogen-bond donors (Lipinski definition) is 2. The van der Waals surface area contributed by atoms with Crippen LogP contribution in [0.25, 0.3) is 0 Å². The molecule has 2 heteroatoms. The molecule has 0 aliphatic heterocycles. The van der Waals surface area contributed by atoms with Crippen LogP contribution in [0.3, 0.4) is 0 Å². The molecule has 0 amide bonds. The van der Waals surface area contributed by atoms with E-state index in [9.17, 15) is 5.11 Å². The lowest BCUT2D eigenvalue weighted by Crippen LogP contribution is -2.47. The van der Waals surface area contributed by atoms with E-state index in [1.165, 1.54) is 12.8 Å². The predicted molar refractivity (Wildman–Crippen MR) is 55.7 cm³/mol. The summed E-state index contributed by atoms with van der Waals surface area (Å²) in [5, 5.41) is 13.3. The van der Waals surface area contributed by atoms with Gasteiger partial charge in [-0.2, -0.15) is 0 Å². The first-order chi connectivity index (χ1) is 6.11. The molecule has 0 heterocycles. The third-order valence-corrected chi connectivity index (χ3v) is 3.21. The molecule has 1 fully saturated rings. The summed E-state index contributed by atoms with van der Waals surface area (Å²) >= 11 is 0. The Kier molecular flexibility index (Phi) is 4.20.